The Morgan fingerprint density at radius 3 is 2.55 bits per heavy atom. The van der Waals surface area contributed by atoms with Crippen LogP contribution in [0.15, 0.2) is 35.4 Å². The molecule has 0 N–H and O–H groups in total. The Balaban J connectivity index is 2.70. The minimum absolute atomic E-state index is 0.0460. The first-order valence-corrected chi connectivity index (χ1v) is 6.22. The van der Waals surface area contributed by atoms with Gasteiger partial charge in [0.15, 0.2) is 5.78 Å². The smallest absolute Gasteiger partial charge is 0.306 e. The number of hydrogen-bond acceptors (Lipinski definition) is 4. The fraction of sp³-hybridized carbons (Fsp3) is 0.429. The predicted molar refractivity (Wildman–Crippen MR) is 74.2 cm³/mol. The first-order valence-electron chi connectivity index (χ1n) is 6.22. The van der Waals surface area contributed by atoms with Crippen LogP contribution in [0.4, 0.5) is 0 Å². The van der Waals surface area contributed by atoms with E-state index in [1.165, 1.54) is 7.11 Å². The normalized spacial score (nSPS) is 12.9. The molecule has 20 heavy (non-hydrogen) atoms. The van der Waals surface area contributed by atoms with E-state index in [2.05, 4.69) is 14.8 Å². The quantitative estimate of drug-likeness (QED) is 0.251. The number of Topliss-reactive ketones (excluding diaryl/α,β-unsaturated/α-hetero) is 1. The first kappa shape index (κ1) is 15.7. The minimum Gasteiger partial charge on any atom is -0.469 e. The van der Waals surface area contributed by atoms with Crippen LogP contribution in [-0.2, 0) is 9.53 Å². The number of ketones is 1. The molecule has 1 unspecified atom stereocenters. The maximum atomic E-state index is 12.0. The molecule has 0 aliphatic carbocycles. The van der Waals surface area contributed by atoms with Crippen molar-refractivity contribution < 1.29 is 14.3 Å². The molecule has 1 rings (SSSR count). The van der Waals surface area contributed by atoms with Gasteiger partial charge in [-0.2, -0.15) is 0 Å². The molecule has 6 heteroatoms. The van der Waals surface area contributed by atoms with Gasteiger partial charge in [0.1, 0.15) is 0 Å². The highest BCUT2D eigenvalue weighted by Crippen LogP contribution is 2.24. The van der Waals surface area contributed by atoms with Crippen LogP contribution in [0.25, 0.3) is 10.4 Å². The molecule has 106 valence electrons. The average Bonchev–Trinajstić information content (AvgIpc) is 2.46. The lowest BCUT2D eigenvalue weighted by atomic mass is 9.90. The second-order valence-electron chi connectivity index (χ2n) is 4.73. The zero-order chi connectivity index (χ0) is 15.0. The van der Waals surface area contributed by atoms with Gasteiger partial charge in [0.25, 0.3) is 0 Å². The van der Waals surface area contributed by atoms with E-state index in [1.54, 1.807) is 31.2 Å². The topological polar surface area (TPSA) is 92.1 Å². The summed E-state index contributed by atoms with van der Waals surface area (Å²) in [5.41, 5.74) is 8.24. The molecule has 0 aliphatic rings. The number of ether oxygens (including phenoxy) is 1. The van der Waals surface area contributed by atoms with Crippen LogP contribution < -0.4 is 0 Å². The van der Waals surface area contributed by atoms with Gasteiger partial charge in [0, 0.05) is 16.9 Å². The van der Waals surface area contributed by atoms with Crippen molar-refractivity contribution in [2.24, 2.45) is 5.11 Å². The largest absolute Gasteiger partial charge is 0.469 e. The molecular weight excluding hydrogens is 258 g/mol. The average molecular weight is 275 g/mol. The van der Waals surface area contributed by atoms with Crippen LogP contribution in [0.1, 0.15) is 36.5 Å². The Morgan fingerprint density at radius 1 is 1.35 bits per heavy atom. The predicted octanol–water partition coefficient (Wildman–Crippen LogP) is 3.28. The highest BCUT2D eigenvalue weighted by Gasteiger charge is 2.27. The molecule has 0 aromatic heterocycles. The maximum absolute atomic E-state index is 12.0. The molecular formula is C14H17N3O3. The summed E-state index contributed by atoms with van der Waals surface area (Å²) >= 11 is 0. The summed E-state index contributed by atoms with van der Waals surface area (Å²) in [6, 6.07) is 8.86. The molecule has 0 radical (unpaired) electrons. The van der Waals surface area contributed by atoms with E-state index < -0.39 is 11.5 Å². The summed E-state index contributed by atoms with van der Waals surface area (Å²) in [5.74, 6) is -0.512. The Morgan fingerprint density at radius 2 is 2.00 bits per heavy atom. The molecule has 1 aromatic rings. The van der Waals surface area contributed by atoms with Crippen molar-refractivity contribution in [1.82, 2.24) is 0 Å². The minimum atomic E-state index is -0.952. The molecule has 0 spiro atoms. The van der Waals surface area contributed by atoms with Gasteiger partial charge in [0.05, 0.1) is 19.1 Å². The summed E-state index contributed by atoms with van der Waals surface area (Å²) in [7, 11) is 1.27. The molecule has 0 fully saturated rings. The van der Waals surface area contributed by atoms with Crippen LogP contribution in [0.3, 0.4) is 0 Å². The molecule has 0 saturated carbocycles. The van der Waals surface area contributed by atoms with Crippen LogP contribution in [0.2, 0.25) is 0 Å². The van der Waals surface area contributed by atoms with Gasteiger partial charge in [-0.3, -0.25) is 9.59 Å². The van der Waals surface area contributed by atoms with Crippen molar-refractivity contribution in [1.29, 1.82) is 0 Å². The number of rotatable bonds is 7. The summed E-state index contributed by atoms with van der Waals surface area (Å²) in [5, 5.41) is 3.64. The number of esters is 1. The van der Waals surface area contributed by atoms with Crippen molar-refractivity contribution in [3.63, 3.8) is 0 Å². The summed E-state index contributed by atoms with van der Waals surface area (Å²) in [6.45, 7) is 1.64. The zero-order valence-electron chi connectivity index (χ0n) is 11.6. The monoisotopic (exact) mass is 275 g/mol. The molecule has 0 heterocycles. The number of nitrogens with zero attached hydrogens (tertiary/aromatic N) is 3. The fourth-order valence-corrected chi connectivity index (χ4v) is 1.82. The van der Waals surface area contributed by atoms with Crippen LogP contribution >= 0.6 is 0 Å². The van der Waals surface area contributed by atoms with E-state index >= 15 is 0 Å². The van der Waals surface area contributed by atoms with E-state index in [1.807, 2.05) is 6.07 Å². The van der Waals surface area contributed by atoms with Gasteiger partial charge in [-0.05, 0) is 12.0 Å². The van der Waals surface area contributed by atoms with Crippen molar-refractivity contribution in [2.45, 2.75) is 31.7 Å². The van der Waals surface area contributed by atoms with E-state index in [0.717, 1.165) is 0 Å². The molecule has 0 saturated heterocycles. The number of carbonyl (C=O) groups is 2. The van der Waals surface area contributed by atoms with Crippen molar-refractivity contribution in [3.8, 4) is 0 Å². The Kier molecular flexibility index (Phi) is 5.74. The van der Waals surface area contributed by atoms with E-state index in [0.29, 0.717) is 12.0 Å². The third kappa shape index (κ3) is 4.74. The molecule has 1 aromatic carbocycles. The van der Waals surface area contributed by atoms with Crippen molar-refractivity contribution in [3.05, 3.63) is 46.3 Å². The fourth-order valence-electron chi connectivity index (χ4n) is 1.82. The third-order valence-electron chi connectivity index (χ3n) is 3.03. The second kappa shape index (κ2) is 7.31. The Labute approximate surface area is 117 Å². The number of methoxy groups -OCH3 is 1. The van der Waals surface area contributed by atoms with Gasteiger partial charge >= 0.3 is 5.97 Å². The first-order chi connectivity index (χ1) is 9.50. The van der Waals surface area contributed by atoms with Crippen LogP contribution in [-0.4, -0.2) is 24.4 Å². The van der Waals surface area contributed by atoms with E-state index in [9.17, 15) is 9.59 Å². The summed E-state index contributed by atoms with van der Waals surface area (Å²) in [4.78, 5) is 26.1. The molecule has 0 amide bonds. The number of benzene rings is 1. The van der Waals surface area contributed by atoms with Gasteiger partial charge < -0.3 is 4.74 Å². The van der Waals surface area contributed by atoms with Gasteiger partial charge in [-0.15, -0.1) is 0 Å². The SMILES string of the molecule is COC(=O)CC(C)(CCC(=O)c1ccccc1)N=[N+]=[N-]. The lowest BCUT2D eigenvalue weighted by Crippen LogP contribution is -2.27. The maximum Gasteiger partial charge on any atom is 0.306 e. The van der Waals surface area contributed by atoms with Gasteiger partial charge in [-0.1, -0.05) is 42.4 Å². The zero-order valence-corrected chi connectivity index (χ0v) is 11.6. The summed E-state index contributed by atoms with van der Waals surface area (Å²) < 4.78 is 4.58. The summed E-state index contributed by atoms with van der Waals surface area (Å²) in [6.07, 6.45) is 0.450. The van der Waals surface area contributed by atoms with Crippen LogP contribution in [0, 0.1) is 0 Å². The third-order valence-corrected chi connectivity index (χ3v) is 3.03. The number of hydrogen-bond donors (Lipinski definition) is 0. The second-order valence-corrected chi connectivity index (χ2v) is 4.73. The molecule has 6 nitrogen and oxygen atoms in total. The standard InChI is InChI=1S/C14H17N3O3/c1-14(16-17-15,10-13(19)20-2)9-8-12(18)11-6-4-3-5-7-11/h3-7H,8-10H2,1-2H3. The molecule has 1 atom stereocenters. The van der Waals surface area contributed by atoms with Crippen LogP contribution in [0.5, 0.6) is 0 Å². The van der Waals surface area contributed by atoms with Crippen molar-refractivity contribution >= 4 is 11.8 Å². The number of azide groups is 1. The van der Waals surface area contributed by atoms with Crippen molar-refractivity contribution in [2.75, 3.05) is 7.11 Å². The van der Waals surface area contributed by atoms with Gasteiger partial charge in [0.2, 0.25) is 0 Å². The highest BCUT2D eigenvalue weighted by molar-refractivity contribution is 5.96. The molecule has 0 aliphatic heterocycles. The highest BCUT2D eigenvalue weighted by atomic mass is 16.5. The lowest BCUT2D eigenvalue weighted by molar-refractivity contribution is -0.141. The number of carbonyl (C=O) groups excluding carboxylic acids is 2. The van der Waals surface area contributed by atoms with E-state index in [-0.39, 0.29) is 18.6 Å². The van der Waals surface area contributed by atoms with Gasteiger partial charge in [-0.25, -0.2) is 0 Å². The molecule has 0 bridgehead atoms. The Hall–Kier alpha value is -2.33. The lowest BCUT2D eigenvalue weighted by Gasteiger charge is -2.21. The van der Waals surface area contributed by atoms with E-state index in [4.69, 9.17) is 5.53 Å². The Bertz CT molecular complexity index is 524.